The molecule has 0 saturated heterocycles. The fourth-order valence-corrected chi connectivity index (χ4v) is 2.84. The van der Waals surface area contributed by atoms with Crippen LogP contribution in [-0.4, -0.2) is 218 Å². The van der Waals surface area contributed by atoms with Crippen LogP contribution >= 0.6 is 0 Å². The predicted molar refractivity (Wildman–Crippen MR) is 129 cm³/mol. The Bertz CT molecular complexity index is 1010. The normalized spacial score (nSPS) is 13.1. The van der Waals surface area contributed by atoms with Crippen LogP contribution in [0.2, 0.25) is 0 Å². The zero-order valence-electron chi connectivity index (χ0n) is 18.3. The van der Waals surface area contributed by atoms with Crippen molar-refractivity contribution in [2.45, 2.75) is 55.3 Å². The summed E-state index contributed by atoms with van der Waals surface area (Å²) in [6.07, 6.45) is -10.3. The van der Waals surface area contributed by atoms with Crippen LogP contribution < -0.4 is 0 Å². The van der Waals surface area contributed by atoms with E-state index in [4.69, 9.17) is 25.5 Å². The first-order chi connectivity index (χ1) is 16.7. The van der Waals surface area contributed by atoms with Crippen LogP contribution in [0.25, 0.3) is 0 Å². The van der Waals surface area contributed by atoms with Gasteiger partial charge in [0.1, 0.15) is 0 Å². The number of aliphatic carboxylic acids is 7. The minimum atomic E-state index is -3.50. The van der Waals surface area contributed by atoms with E-state index in [1.807, 2.05) is 0 Å². The van der Waals surface area contributed by atoms with Crippen LogP contribution in [0.15, 0.2) is 0 Å². The van der Waals surface area contributed by atoms with Gasteiger partial charge in [-0.05, 0) is 0 Å². The molecule has 2 unspecified atom stereocenters. The third kappa shape index (κ3) is 14.5. The summed E-state index contributed by atoms with van der Waals surface area (Å²) >= 11 is 0. The molecule has 0 spiro atoms. The van der Waals surface area contributed by atoms with E-state index in [9.17, 15) is 58.5 Å². The van der Waals surface area contributed by atoms with Crippen molar-refractivity contribution in [1.29, 1.82) is 0 Å². The Morgan fingerprint density at radius 1 is 0.475 bits per heavy atom. The second kappa shape index (κ2) is 19.0. The zero-order chi connectivity index (χ0) is 29.4. The molecule has 0 radical (unpaired) electrons. The molecule has 40 heavy (non-hydrogen) atoms. The summed E-state index contributed by atoms with van der Waals surface area (Å²) in [6, 6.07) is 0. The van der Waals surface area contributed by atoms with Gasteiger partial charge in [-0.15, -0.1) is 0 Å². The van der Waals surface area contributed by atoms with Crippen molar-refractivity contribution in [3.8, 4) is 0 Å². The van der Waals surface area contributed by atoms with Crippen LogP contribution in [0.1, 0.15) is 38.5 Å². The van der Waals surface area contributed by atoms with Crippen molar-refractivity contribution < 1.29 is 93.5 Å². The number of carbonyl (C=O) groups excluding carboxylic acids is 2. The maximum atomic E-state index is 12.4. The molecule has 22 heteroatoms. The summed E-state index contributed by atoms with van der Waals surface area (Å²) < 4.78 is 8.84. The molecule has 0 aromatic heterocycles. The Morgan fingerprint density at radius 3 is 1.00 bits per heavy atom. The van der Waals surface area contributed by atoms with Crippen molar-refractivity contribution in [3.05, 3.63) is 0 Å². The van der Waals surface area contributed by atoms with Gasteiger partial charge in [0.2, 0.25) is 11.2 Å². The summed E-state index contributed by atoms with van der Waals surface area (Å²) in [5.41, 5.74) is -10.2. The molecule has 0 fully saturated rings. The van der Waals surface area contributed by atoms with E-state index in [1.165, 1.54) is 0 Å². The van der Waals surface area contributed by atoms with Crippen LogP contribution in [0, 0.1) is 0 Å². The first-order valence-electron chi connectivity index (χ1n) is 9.44. The van der Waals surface area contributed by atoms with E-state index in [0.29, 0.717) is 0 Å². The molecule has 0 aromatic carbocycles. The van der Waals surface area contributed by atoms with Gasteiger partial charge in [0.15, 0.2) is 5.60 Å². The molecular weight excluding hydrogens is 672 g/mol. The number of carbonyl (C=O) groups is 9. The number of carboxylic acids is 7. The predicted octanol–water partition coefficient (Wildman–Crippen LogP) is -5.53. The van der Waals surface area contributed by atoms with E-state index in [-0.39, 0.29) is 106 Å². The third-order valence-electron chi connectivity index (χ3n) is 4.42. The second-order valence-corrected chi connectivity index (χ2v) is 7.52. The molecule has 0 bridgehead atoms. The SMILES string of the molecule is O=C(O)CC(O)(CC(=O)OC(CC(=O)O)(CC(=O)OC(CC(=O)O)(CC(=O)O)C(=O)O)C(=O)O)C(=O)O.[CaH2].[MgH2].[SrH2]. The van der Waals surface area contributed by atoms with Gasteiger partial charge in [-0.3, -0.25) is 28.8 Å². The van der Waals surface area contributed by atoms with Crippen molar-refractivity contribution in [2.75, 3.05) is 0 Å². The molecule has 0 aromatic rings. The van der Waals surface area contributed by atoms with E-state index in [0.717, 1.165) is 0 Å². The van der Waals surface area contributed by atoms with E-state index < -0.39 is 109 Å². The van der Waals surface area contributed by atoms with Gasteiger partial charge in [-0.25, -0.2) is 14.4 Å². The van der Waals surface area contributed by atoms with Crippen LogP contribution in [0.5, 0.6) is 0 Å². The number of rotatable bonds is 17. The van der Waals surface area contributed by atoms with Crippen molar-refractivity contribution in [3.63, 3.8) is 0 Å². The standard InChI is InChI=1S/C18H20O19.Ca.Mg.Sr.6H/c19-7(20)1-16(35,13(29)30)5-11(27)36-18(15(33)34,4-10(25)26)6-12(28)37-17(14(31)32,2-8(21)22)3-9(23)24;;;;;;;;;/h35H,1-6H2,(H,19,20)(H,21,22)(H,23,24)(H,25,26)(H,29,30)(H,31,32)(H,33,34);;;;;;;;;. The Morgan fingerprint density at radius 2 is 0.750 bits per heavy atom. The topological polar surface area (TPSA) is 334 Å². The Labute approximate surface area is 305 Å². The zero-order valence-corrected chi connectivity index (χ0v) is 18.3. The fourth-order valence-electron chi connectivity index (χ4n) is 2.84. The molecule has 218 valence electrons. The molecule has 0 amide bonds. The van der Waals surface area contributed by atoms with Gasteiger partial charge in [0.25, 0.3) is 0 Å². The van der Waals surface area contributed by atoms with Crippen molar-refractivity contribution >= 4 is 160 Å². The number of carboxylic acid groups (broad SMARTS) is 7. The first kappa shape index (κ1) is 45.7. The van der Waals surface area contributed by atoms with Gasteiger partial charge < -0.3 is 50.3 Å². The van der Waals surface area contributed by atoms with Gasteiger partial charge in [0, 0.05) is 0 Å². The first-order valence-corrected chi connectivity index (χ1v) is 9.44. The summed E-state index contributed by atoms with van der Waals surface area (Å²) in [7, 11) is 0. The Hall–Kier alpha value is -1.30. The summed E-state index contributed by atoms with van der Waals surface area (Å²) in [5.74, 6) is -19.1. The van der Waals surface area contributed by atoms with E-state index in [2.05, 4.69) is 9.47 Å². The number of hydrogen-bond donors (Lipinski definition) is 8. The van der Waals surface area contributed by atoms with Gasteiger partial charge >= 0.3 is 160 Å². The Kier molecular flexibility index (Phi) is 21.7. The molecule has 0 aliphatic rings. The van der Waals surface area contributed by atoms with Crippen molar-refractivity contribution in [1.82, 2.24) is 0 Å². The summed E-state index contributed by atoms with van der Waals surface area (Å²) in [6.45, 7) is 0. The third-order valence-corrected chi connectivity index (χ3v) is 4.42. The average Bonchev–Trinajstić information content (AvgIpc) is 2.64. The Balaban J connectivity index is -0.00000216. The van der Waals surface area contributed by atoms with E-state index >= 15 is 0 Å². The fraction of sp³-hybridized carbons (Fsp3) is 0.500. The van der Waals surface area contributed by atoms with Crippen molar-refractivity contribution in [2.24, 2.45) is 0 Å². The molecule has 0 rings (SSSR count). The molecule has 0 saturated carbocycles. The van der Waals surface area contributed by atoms with Gasteiger partial charge in [-0.1, -0.05) is 0 Å². The number of ether oxygens (including phenoxy) is 2. The summed E-state index contributed by atoms with van der Waals surface area (Å²) in [4.78, 5) is 103. The molecule has 19 nitrogen and oxygen atoms in total. The van der Waals surface area contributed by atoms with Crippen LogP contribution in [-0.2, 0) is 52.6 Å². The van der Waals surface area contributed by atoms with Crippen LogP contribution in [0.3, 0.4) is 0 Å². The molecule has 0 aliphatic heterocycles. The second-order valence-electron chi connectivity index (χ2n) is 7.52. The average molecular weight is 698 g/mol. The molecule has 8 N–H and O–H groups in total. The maximum absolute atomic E-state index is 12.4. The van der Waals surface area contributed by atoms with Crippen LogP contribution in [0.4, 0.5) is 0 Å². The van der Waals surface area contributed by atoms with E-state index in [1.54, 1.807) is 0 Å². The molecule has 0 heterocycles. The molecular formula is C18H26CaMgO19Sr. The monoisotopic (exact) mass is 698 g/mol. The number of esters is 2. The summed E-state index contributed by atoms with van der Waals surface area (Å²) in [5, 5.41) is 73.2. The van der Waals surface area contributed by atoms with Gasteiger partial charge in [-0.2, -0.15) is 0 Å². The molecule has 0 aliphatic carbocycles. The number of hydrogen-bond acceptors (Lipinski definition) is 12. The minimum absolute atomic E-state index is 0. The van der Waals surface area contributed by atoms with Gasteiger partial charge in [0.05, 0.1) is 38.5 Å². The molecule has 2 atom stereocenters. The quantitative estimate of drug-likeness (QED) is 0.0518. The number of aliphatic hydroxyl groups is 1.